The van der Waals surface area contributed by atoms with Crippen molar-refractivity contribution < 1.29 is 4.79 Å². The molecule has 0 saturated heterocycles. The highest BCUT2D eigenvalue weighted by molar-refractivity contribution is 8.00. The summed E-state index contributed by atoms with van der Waals surface area (Å²) < 4.78 is 0. The largest absolute Gasteiger partial charge is 0.350 e. The van der Waals surface area contributed by atoms with Crippen LogP contribution in [0.2, 0.25) is 0 Å². The fourth-order valence-corrected chi connectivity index (χ4v) is 2.67. The summed E-state index contributed by atoms with van der Waals surface area (Å²) in [6, 6.07) is 14.1. The van der Waals surface area contributed by atoms with Crippen LogP contribution in [-0.4, -0.2) is 16.6 Å². The molecule has 0 aliphatic rings. The Bertz CT molecular complexity index is 603. The molecule has 22 heavy (non-hydrogen) atoms. The van der Waals surface area contributed by atoms with Crippen molar-refractivity contribution in [3.63, 3.8) is 0 Å². The van der Waals surface area contributed by atoms with Gasteiger partial charge in [-0.25, -0.2) is 0 Å². The van der Waals surface area contributed by atoms with Gasteiger partial charge in [-0.1, -0.05) is 39.0 Å². The molecule has 1 heterocycles. The van der Waals surface area contributed by atoms with Gasteiger partial charge in [0.1, 0.15) is 0 Å². The number of nitrogens with zero attached hydrogens (tertiary/aromatic N) is 1. The summed E-state index contributed by atoms with van der Waals surface area (Å²) in [4.78, 5) is 17.1. The van der Waals surface area contributed by atoms with Gasteiger partial charge in [-0.15, -0.1) is 11.8 Å². The molecule has 0 atom stereocenters. The van der Waals surface area contributed by atoms with E-state index in [0.29, 0.717) is 12.3 Å². The van der Waals surface area contributed by atoms with Gasteiger partial charge >= 0.3 is 0 Å². The molecule has 0 aliphatic carbocycles. The second-order valence-electron chi connectivity index (χ2n) is 6.16. The van der Waals surface area contributed by atoms with Gasteiger partial charge in [-0.3, -0.25) is 9.78 Å². The van der Waals surface area contributed by atoms with Crippen LogP contribution < -0.4 is 5.32 Å². The van der Waals surface area contributed by atoms with Gasteiger partial charge in [0.05, 0.1) is 18.0 Å². The minimum atomic E-state index is 0.0237. The van der Waals surface area contributed by atoms with Crippen LogP contribution in [0.3, 0.4) is 0 Å². The first-order valence-corrected chi connectivity index (χ1v) is 8.34. The summed E-state index contributed by atoms with van der Waals surface area (Å²) >= 11 is 1.55. The number of carbonyl (C=O) groups is 1. The molecule has 0 spiro atoms. The number of nitrogens with one attached hydrogen (secondary N) is 1. The lowest BCUT2D eigenvalue weighted by Gasteiger charge is -2.19. The highest BCUT2D eigenvalue weighted by atomic mass is 32.2. The molecule has 0 radical (unpaired) electrons. The van der Waals surface area contributed by atoms with Crippen LogP contribution in [0, 0.1) is 0 Å². The molecule has 2 aromatic rings. The minimum absolute atomic E-state index is 0.0237. The Kier molecular flexibility index (Phi) is 5.61. The maximum absolute atomic E-state index is 11.9. The van der Waals surface area contributed by atoms with E-state index in [-0.39, 0.29) is 11.3 Å². The number of pyridine rings is 1. The molecular formula is C18H22N2OS. The third-order valence-electron chi connectivity index (χ3n) is 3.28. The van der Waals surface area contributed by atoms with E-state index in [0.717, 1.165) is 10.6 Å². The van der Waals surface area contributed by atoms with Gasteiger partial charge < -0.3 is 5.32 Å². The van der Waals surface area contributed by atoms with Crippen molar-refractivity contribution in [2.24, 2.45) is 0 Å². The molecule has 0 saturated carbocycles. The molecule has 0 bridgehead atoms. The van der Waals surface area contributed by atoms with Crippen LogP contribution in [0.4, 0.5) is 0 Å². The first kappa shape index (κ1) is 16.6. The smallest absolute Gasteiger partial charge is 0.230 e. The standard InChI is InChI=1S/C18H22N2OS/c1-18(2,3)14-7-9-16(10-8-14)22-13-17(21)20-12-15-6-4-5-11-19-15/h4-11H,12-13H2,1-3H3,(H,20,21). The van der Waals surface area contributed by atoms with Crippen LogP contribution in [-0.2, 0) is 16.8 Å². The number of thioether (sulfide) groups is 1. The van der Waals surface area contributed by atoms with E-state index in [9.17, 15) is 4.79 Å². The molecule has 0 aliphatic heterocycles. The highest BCUT2D eigenvalue weighted by Gasteiger charge is 2.13. The van der Waals surface area contributed by atoms with Crippen molar-refractivity contribution >= 4 is 17.7 Å². The lowest BCUT2D eigenvalue weighted by Crippen LogP contribution is -2.24. The molecular weight excluding hydrogens is 292 g/mol. The Morgan fingerprint density at radius 2 is 1.86 bits per heavy atom. The number of amides is 1. The zero-order chi connectivity index (χ0) is 16.0. The maximum atomic E-state index is 11.9. The molecule has 4 heteroatoms. The van der Waals surface area contributed by atoms with Gasteiger partial charge in [0.25, 0.3) is 0 Å². The third kappa shape index (κ3) is 5.19. The average Bonchev–Trinajstić information content (AvgIpc) is 2.51. The lowest BCUT2D eigenvalue weighted by atomic mass is 9.87. The van der Waals surface area contributed by atoms with Gasteiger partial charge in [0, 0.05) is 11.1 Å². The van der Waals surface area contributed by atoms with E-state index in [2.05, 4.69) is 55.3 Å². The van der Waals surface area contributed by atoms with Crippen molar-refractivity contribution in [2.75, 3.05) is 5.75 Å². The first-order chi connectivity index (χ1) is 10.4. The predicted molar refractivity (Wildman–Crippen MR) is 91.9 cm³/mol. The fraction of sp³-hybridized carbons (Fsp3) is 0.333. The Hall–Kier alpha value is -1.81. The number of aromatic nitrogens is 1. The zero-order valence-corrected chi connectivity index (χ0v) is 14.1. The van der Waals surface area contributed by atoms with E-state index in [1.54, 1.807) is 18.0 Å². The molecule has 1 aromatic heterocycles. The summed E-state index contributed by atoms with van der Waals surface area (Å²) in [6.07, 6.45) is 1.73. The van der Waals surface area contributed by atoms with E-state index in [4.69, 9.17) is 0 Å². The number of hydrogen-bond acceptors (Lipinski definition) is 3. The van der Waals surface area contributed by atoms with Crippen LogP contribution in [0.1, 0.15) is 32.0 Å². The van der Waals surface area contributed by atoms with Gasteiger partial charge in [-0.2, -0.15) is 0 Å². The number of benzene rings is 1. The van der Waals surface area contributed by atoms with Gasteiger partial charge in [0.15, 0.2) is 0 Å². The molecule has 116 valence electrons. The Labute approximate surface area is 136 Å². The molecule has 1 aromatic carbocycles. The number of carbonyl (C=O) groups excluding carboxylic acids is 1. The van der Waals surface area contributed by atoms with Crippen LogP contribution in [0.15, 0.2) is 53.6 Å². The molecule has 2 rings (SSSR count). The van der Waals surface area contributed by atoms with Crippen molar-refractivity contribution in [3.8, 4) is 0 Å². The molecule has 0 unspecified atom stereocenters. The van der Waals surface area contributed by atoms with Crippen LogP contribution in [0.5, 0.6) is 0 Å². The summed E-state index contributed by atoms with van der Waals surface area (Å²) in [6.45, 7) is 7.06. The number of rotatable bonds is 5. The van der Waals surface area contributed by atoms with E-state index in [1.807, 2.05) is 18.2 Å². The average molecular weight is 314 g/mol. The Balaban J connectivity index is 1.79. The third-order valence-corrected chi connectivity index (χ3v) is 4.30. The lowest BCUT2D eigenvalue weighted by molar-refractivity contribution is -0.118. The summed E-state index contributed by atoms with van der Waals surface area (Å²) in [5.74, 6) is 0.442. The van der Waals surface area contributed by atoms with E-state index >= 15 is 0 Å². The zero-order valence-electron chi connectivity index (χ0n) is 13.3. The maximum Gasteiger partial charge on any atom is 0.230 e. The summed E-state index contributed by atoms with van der Waals surface area (Å²) in [5, 5.41) is 2.88. The molecule has 0 fully saturated rings. The predicted octanol–water partition coefficient (Wildman–Crippen LogP) is 3.79. The van der Waals surface area contributed by atoms with E-state index < -0.39 is 0 Å². The van der Waals surface area contributed by atoms with Gasteiger partial charge in [-0.05, 0) is 35.2 Å². The second-order valence-corrected chi connectivity index (χ2v) is 7.21. The van der Waals surface area contributed by atoms with Crippen molar-refractivity contribution in [3.05, 3.63) is 59.9 Å². The van der Waals surface area contributed by atoms with E-state index in [1.165, 1.54) is 5.56 Å². The quantitative estimate of drug-likeness (QED) is 0.854. The second kappa shape index (κ2) is 7.45. The van der Waals surface area contributed by atoms with Crippen molar-refractivity contribution in [1.82, 2.24) is 10.3 Å². The molecule has 1 N–H and O–H groups in total. The Morgan fingerprint density at radius 1 is 1.14 bits per heavy atom. The van der Waals surface area contributed by atoms with Crippen LogP contribution >= 0.6 is 11.8 Å². The highest BCUT2D eigenvalue weighted by Crippen LogP contribution is 2.25. The fourth-order valence-electron chi connectivity index (χ4n) is 1.94. The molecule has 1 amide bonds. The normalized spacial score (nSPS) is 11.2. The van der Waals surface area contributed by atoms with Crippen LogP contribution in [0.25, 0.3) is 0 Å². The first-order valence-electron chi connectivity index (χ1n) is 7.35. The molecule has 3 nitrogen and oxygen atoms in total. The monoisotopic (exact) mass is 314 g/mol. The number of hydrogen-bond donors (Lipinski definition) is 1. The summed E-state index contributed by atoms with van der Waals surface area (Å²) in [5.41, 5.74) is 2.33. The minimum Gasteiger partial charge on any atom is -0.350 e. The Morgan fingerprint density at radius 3 is 2.45 bits per heavy atom. The topological polar surface area (TPSA) is 42.0 Å². The van der Waals surface area contributed by atoms with Crippen molar-refractivity contribution in [1.29, 1.82) is 0 Å². The SMILES string of the molecule is CC(C)(C)c1ccc(SCC(=O)NCc2ccccn2)cc1. The van der Waals surface area contributed by atoms with Crippen molar-refractivity contribution in [2.45, 2.75) is 37.6 Å². The van der Waals surface area contributed by atoms with Gasteiger partial charge in [0.2, 0.25) is 5.91 Å². The summed E-state index contributed by atoms with van der Waals surface area (Å²) in [7, 11) is 0.